The first-order valence-electron chi connectivity index (χ1n) is 10.2. The van der Waals surface area contributed by atoms with E-state index in [2.05, 4.69) is 6.92 Å². The van der Waals surface area contributed by atoms with E-state index < -0.39 is 18.2 Å². The van der Waals surface area contributed by atoms with Gasteiger partial charge in [0, 0.05) is 19.3 Å². The molecular weight excluding hydrogens is 332 g/mol. The van der Waals surface area contributed by atoms with E-state index in [1.165, 1.54) is 6.42 Å². The summed E-state index contributed by atoms with van der Waals surface area (Å²) in [6.07, 6.45) is 11.5. The van der Waals surface area contributed by atoms with Crippen molar-refractivity contribution in [2.45, 2.75) is 96.2 Å². The molecule has 0 spiro atoms. The Hall–Kier alpha value is -1.20. The molecule has 0 radical (unpaired) electrons. The van der Waals surface area contributed by atoms with Crippen LogP contribution in [0, 0.1) is 11.8 Å². The maximum Gasteiger partial charge on any atom is 0.303 e. The van der Waals surface area contributed by atoms with Crippen molar-refractivity contribution < 1.29 is 24.9 Å². The maximum absolute atomic E-state index is 12.0. The van der Waals surface area contributed by atoms with Gasteiger partial charge in [-0.05, 0) is 50.4 Å². The minimum absolute atomic E-state index is 0.0198. The van der Waals surface area contributed by atoms with Gasteiger partial charge >= 0.3 is 5.97 Å². The van der Waals surface area contributed by atoms with Crippen LogP contribution in [0.1, 0.15) is 84.0 Å². The number of aliphatic hydroxyl groups is 2. The second kappa shape index (κ2) is 13.0. The Morgan fingerprint density at radius 2 is 1.65 bits per heavy atom. The van der Waals surface area contributed by atoms with E-state index in [-0.39, 0.29) is 24.0 Å². The van der Waals surface area contributed by atoms with Crippen molar-refractivity contribution in [2.24, 2.45) is 11.8 Å². The second-order valence-corrected chi connectivity index (χ2v) is 7.58. The molecule has 1 saturated carbocycles. The average Bonchev–Trinajstić information content (AvgIpc) is 2.85. The van der Waals surface area contributed by atoms with Crippen LogP contribution in [0.5, 0.6) is 0 Å². The number of allylic oxidation sites excluding steroid dienone is 2. The van der Waals surface area contributed by atoms with Crippen LogP contribution in [-0.4, -0.2) is 39.3 Å². The largest absolute Gasteiger partial charge is 0.481 e. The van der Waals surface area contributed by atoms with Gasteiger partial charge in [-0.2, -0.15) is 0 Å². The number of carbonyl (C=O) groups excluding carboxylic acids is 1. The van der Waals surface area contributed by atoms with Gasteiger partial charge in [-0.3, -0.25) is 9.59 Å². The Labute approximate surface area is 157 Å². The number of aliphatic hydroxyl groups excluding tert-OH is 2. The zero-order valence-corrected chi connectivity index (χ0v) is 16.1. The topological polar surface area (TPSA) is 94.8 Å². The smallest absolute Gasteiger partial charge is 0.303 e. The first-order chi connectivity index (χ1) is 12.5. The molecule has 0 aliphatic heterocycles. The van der Waals surface area contributed by atoms with Crippen LogP contribution in [0.25, 0.3) is 0 Å². The van der Waals surface area contributed by atoms with E-state index in [4.69, 9.17) is 5.11 Å². The van der Waals surface area contributed by atoms with Gasteiger partial charge in [-0.1, -0.05) is 38.3 Å². The SMILES string of the molecule is CCCCCCC(=O)CC[C@@H]1[C@@H](C/C=C\CCCC(=O)O)[C@@H](O)C[C@H]1O. The number of rotatable bonds is 14. The standard InChI is InChI=1S/C21H36O5/c1-2-3-4-7-10-16(22)13-14-18-17(19(23)15-20(18)24)11-8-5-6-9-12-21(25)26/h5,8,17-20,23-24H,2-4,6-7,9-15H2,1H3,(H,25,26)/b8-5-/t17-,18-,19+,20-/m1/s1. The summed E-state index contributed by atoms with van der Waals surface area (Å²) in [5.74, 6) is -0.577. The highest BCUT2D eigenvalue weighted by Crippen LogP contribution is 2.38. The molecule has 3 N–H and O–H groups in total. The molecule has 0 aromatic rings. The lowest BCUT2D eigenvalue weighted by Crippen LogP contribution is -2.22. The highest BCUT2D eigenvalue weighted by atomic mass is 16.4. The Kier molecular flexibility index (Phi) is 11.5. The average molecular weight is 369 g/mol. The minimum Gasteiger partial charge on any atom is -0.481 e. The lowest BCUT2D eigenvalue weighted by molar-refractivity contribution is -0.137. The normalized spacial score (nSPS) is 25.8. The molecule has 0 unspecified atom stereocenters. The van der Waals surface area contributed by atoms with Crippen molar-refractivity contribution in [1.29, 1.82) is 0 Å². The van der Waals surface area contributed by atoms with Crippen LogP contribution < -0.4 is 0 Å². The number of hydrogen-bond donors (Lipinski definition) is 3. The third-order valence-corrected chi connectivity index (χ3v) is 5.42. The molecule has 1 fully saturated rings. The van der Waals surface area contributed by atoms with Gasteiger partial charge < -0.3 is 15.3 Å². The van der Waals surface area contributed by atoms with E-state index in [1.54, 1.807) is 0 Å². The summed E-state index contributed by atoms with van der Waals surface area (Å²) in [6, 6.07) is 0. The molecule has 0 amide bonds. The number of unbranched alkanes of at least 4 members (excludes halogenated alkanes) is 4. The molecule has 0 aromatic carbocycles. The number of hydrogen-bond acceptors (Lipinski definition) is 4. The molecule has 4 atom stereocenters. The second-order valence-electron chi connectivity index (χ2n) is 7.58. The van der Waals surface area contributed by atoms with E-state index >= 15 is 0 Å². The van der Waals surface area contributed by atoms with Crippen LogP contribution >= 0.6 is 0 Å². The fourth-order valence-corrected chi connectivity index (χ4v) is 3.85. The van der Waals surface area contributed by atoms with E-state index in [1.807, 2.05) is 12.2 Å². The minimum atomic E-state index is -0.785. The predicted molar refractivity (Wildman–Crippen MR) is 102 cm³/mol. The molecule has 0 saturated heterocycles. The van der Waals surface area contributed by atoms with Crippen molar-refractivity contribution in [1.82, 2.24) is 0 Å². The first-order valence-corrected chi connectivity index (χ1v) is 10.2. The molecule has 0 bridgehead atoms. The molecule has 5 heteroatoms. The summed E-state index contributed by atoms with van der Waals surface area (Å²) in [5, 5.41) is 29.1. The Morgan fingerprint density at radius 1 is 0.923 bits per heavy atom. The van der Waals surface area contributed by atoms with Gasteiger partial charge in [0.25, 0.3) is 0 Å². The number of carbonyl (C=O) groups is 2. The third kappa shape index (κ3) is 8.95. The first kappa shape index (κ1) is 22.8. The van der Waals surface area contributed by atoms with Crippen LogP contribution in [-0.2, 0) is 9.59 Å². The summed E-state index contributed by atoms with van der Waals surface area (Å²) in [7, 11) is 0. The predicted octanol–water partition coefficient (Wildman–Crippen LogP) is 3.87. The van der Waals surface area contributed by atoms with E-state index in [0.29, 0.717) is 44.9 Å². The monoisotopic (exact) mass is 368 g/mol. The molecule has 0 aromatic heterocycles. The van der Waals surface area contributed by atoms with Crippen LogP contribution in [0.2, 0.25) is 0 Å². The van der Waals surface area contributed by atoms with Crippen LogP contribution in [0.15, 0.2) is 12.2 Å². The maximum atomic E-state index is 12.0. The quantitative estimate of drug-likeness (QED) is 0.320. The number of Topliss-reactive ketones (excluding diaryl/α,β-unsaturated/α-hetero) is 1. The highest BCUT2D eigenvalue weighted by Gasteiger charge is 2.40. The van der Waals surface area contributed by atoms with E-state index in [9.17, 15) is 19.8 Å². The van der Waals surface area contributed by atoms with Gasteiger partial charge in [0.05, 0.1) is 12.2 Å². The fraction of sp³-hybridized carbons (Fsp3) is 0.810. The number of ketones is 1. The summed E-state index contributed by atoms with van der Waals surface area (Å²) >= 11 is 0. The van der Waals surface area contributed by atoms with Crippen molar-refractivity contribution in [3.63, 3.8) is 0 Å². The Bertz CT molecular complexity index is 446. The van der Waals surface area contributed by atoms with Crippen molar-refractivity contribution in [3.8, 4) is 0 Å². The summed E-state index contributed by atoms with van der Waals surface area (Å²) in [5.41, 5.74) is 0. The van der Waals surface area contributed by atoms with Crippen molar-refractivity contribution >= 4 is 11.8 Å². The number of carboxylic acids is 1. The lowest BCUT2D eigenvalue weighted by Gasteiger charge is -2.22. The summed E-state index contributed by atoms with van der Waals surface area (Å²) in [6.45, 7) is 2.15. The van der Waals surface area contributed by atoms with Gasteiger partial charge in [0.1, 0.15) is 5.78 Å². The molecule has 150 valence electrons. The number of carboxylic acid groups (broad SMARTS) is 1. The highest BCUT2D eigenvalue weighted by molar-refractivity contribution is 5.78. The number of aliphatic carboxylic acids is 1. The summed E-state index contributed by atoms with van der Waals surface area (Å²) < 4.78 is 0. The fourth-order valence-electron chi connectivity index (χ4n) is 3.85. The molecule has 1 rings (SSSR count). The molecular formula is C21H36O5. The van der Waals surface area contributed by atoms with Gasteiger partial charge in [-0.15, -0.1) is 0 Å². The molecule has 5 nitrogen and oxygen atoms in total. The van der Waals surface area contributed by atoms with Gasteiger partial charge in [0.2, 0.25) is 0 Å². The van der Waals surface area contributed by atoms with Crippen LogP contribution in [0.3, 0.4) is 0 Å². The zero-order valence-electron chi connectivity index (χ0n) is 16.1. The lowest BCUT2D eigenvalue weighted by atomic mass is 9.86. The third-order valence-electron chi connectivity index (χ3n) is 5.42. The zero-order chi connectivity index (χ0) is 19.4. The molecule has 1 aliphatic rings. The summed E-state index contributed by atoms with van der Waals surface area (Å²) in [4.78, 5) is 22.5. The Morgan fingerprint density at radius 3 is 2.35 bits per heavy atom. The molecule has 1 aliphatic carbocycles. The Balaban J connectivity index is 2.35. The van der Waals surface area contributed by atoms with Crippen LogP contribution in [0.4, 0.5) is 0 Å². The van der Waals surface area contributed by atoms with Crippen molar-refractivity contribution in [3.05, 3.63) is 12.2 Å². The molecule has 0 heterocycles. The van der Waals surface area contributed by atoms with Crippen molar-refractivity contribution in [2.75, 3.05) is 0 Å². The van der Waals surface area contributed by atoms with Gasteiger partial charge in [-0.25, -0.2) is 0 Å². The van der Waals surface area contributed by atoms with E-state index in [0.717, 1.165) is 19.3 Å². The molecule has 26 heavy (non-hydrogen) atoms. The van der Waals surface area contributed by atoms with Gasteiger partial charge in [0.15, 0.2) is 0 Å².